The molecule has 0 saturated carbocycles. The van der Waals surface area contributed by atoms with Gasteiger partial charge >= 0.3 is 16.1 Å². The van der Waals surface area contributed by atoms with Crippen LogP contribution in [0.2, 0.25) is 0 Å². The van der Waals surface area contributed by atoms with Crippen molar-refractivity contribution in [3.8, 4) is 0 Å². The number of esters is 1. The van der Waals surface area contributed by atoms with Gasteiger partial charge < -0.3 is 4.74 Å². The first kappa shape index (κ1) is 19.9. The molecule has 0 N–H and O–H groups in total. The predicted octanol–water partition coefficient (Wildman–Crippen LogP) is 4.13. The zero-order valence-corrected chi connectivity index (χ0v) is 16.8. The molecule has 0 bridgehead atoms. The van der Waals surface area contributed by atoms with Gasteiger partial charge in [-0.05, 0) is 42.0 Å². The lowest BCUT2D eigenvalue weighted by molar-refractivity contribution is -0.132. The molecule has 0 spiro atoms. The van der Waals surface area contributed by atoms with Gasteiger partial charge in [-0.3, -0.25) is 4.28 Å². The Labute approximate surface area is 167 Å². The molecule has 0 atom stereocenters. The van der Waals surface area contributed by atoms with Crippen LogP contribution < -0.4 is 0 Å². The number of rotatable bonds is 4. The molecule has 8 heteroatoms. The molecule has 0 aliphatic heterocycles. The normalized spacial score (nSPS) is 12.0. The van der Waals surface area contributed by atoms with Crippen LogP contribution in [-0.2, 0) is 23.9 Å². The molecule has 6 nitrogen and oxygen atoms in total. The van der Waals surface area contributed by atoms with Crippen LogP contribution in [0.15, 0.2) is 81.7 Å². The van der Waals surface area contributed by atoms with E-state index in [1.54, 1.807) is 24.3 Å². The van der Waals surface area contributed by atoms with Crippen molar-refractivity contribution < 1.29 is 22.2 Å². The summed E-state index contributed by atoms with van der Waals surface area (Å²) in [5.74, 6) is -0.792. The van der Waals surface area contributed by atoms with E-state index in [0.29, 0.717) is 4.90 Å². The Morgan fingerprint density at radius 2 is 1.64 bits per heavy atom. The number of methoxy groups -OCH3 is 1. The fourth-order valence-corrected chi connectivity index (χ4v) is 3.90. The van der Waals surface area contributed by atoms with E-state index in [1.165, 1.54) is 19.2 Å². The number of benzene rings is 3. The van der Waals surface area contributed by atoms with Gasteiger partial charge in [0.2, 0.25) is 5.04 Å². The zero-order chi connectivity index (χ0) is 20.1. The fourth-order valence-electron chi connectivity index (χ4n) is 2.35. The van der Waals surface area contributed by atoms with E-state index in [4.69, 9.17) is 4.28 Å². The summed E-state index contributed by atoms with van der Waals surface area (Å²) in [6, 6.07) is 19.2. The van der Waals surface area contributed by atoms with Crippen molar-refractivity contribution in [3.05, 3.63) is 72.3 Å². The van der Waals surface area contributed by atoms with Crippen molar-refractivity contribution >= 4 is 43.7 Å². The fraction of sp³-hybridized carbons (Fsp3) is 0.100. The number of carbonyl (C=O) groups excluding carboxylic acids is 1. The zero-order valence-electron chi connectivity index (χ0n) is 15.2. The van der Waals surface area contributed by atoms with Crippen LogP contribution in [0.4, 0.5) is 0 Å². The van der Waals surface area contributed by atoms with E-state index in [2.05, 4.69) is 9.89 Å². The number of oxime groups is 1. The molecule has 0 radical (unpaired) electrons. The second kappa shape index (κ2) is 8.45. The molecule has 0 heterocycles. The van der Waals surface area contributed by atoms with E-state index < -0.39 is 16.1 Å². The van der Waals surface area contributed by atoms with E-state index in [9.17, 15) is 13.2 Å². The van der Waals surface area contributed by atoms with Crippen LogP contribution in [0.1, 0.15) is 5.56 Å². The van der Waals surface area contributed by atoms with E-state index in [1.807, 2.05) is 37.3 Å². The van der Waals surface area contributed by atoms with Gasteiger partial charge in [0.1, 0.15) is 4.90 Å². The first-order chi connectivity index (χ1) is 13.4. The number of hydrogen-bond acceptors (Lipinski definition) is 7. The molecule has 0 aromatic heterocycles. The maximum atomic E-state index is 12.5. The predicted molar refractivity (Wildman–Crippen MR) is 109 cm³/mol. The van der Waals surface area contributed by atoms with Gasteiger partial charge in [-0.15, -0.1) is 0 Å². The smallest absolute Gasteiger partial charge is 0.367 e. The Morgan fingerprint density at radius 1 is 0.964 bits per heavy atom. The van der Waals surface area contributed by atoms with Crippen LogP contribution in [-0.4, -0.2) is 26.5 Å². The Balaban J connectivity index is 1.87. The van der Waals surface area contributed by atoms with Crippen LogP contribution in [0.5, 0.6) is 0 Å². The summed E-state index contributed by atoms with van der Waals surface area (Å²) in [5.41, 5.74) is 1.05. The number of aryl methyl sites for hydroxylation is 1. The van der Waals surface area contributed by atoms with Crippen molar-refractivity contribution in [2.45, 2.75) is 16.7 Å². The molecule has 0 amide bonds. The van der Waals surface area contributed by atoms with E-state index in [0.717, 1.165) is 28.1 Å². The van der Waals surface area contributed by atoms with E-state index in [-0.39, 0.29) is 9.94 Å². The molecule has 3 aromatic rings. The topological polar surface area (TPSA) is 82.0 Å². The number of hydrogen-bond donors (Lipinski definition) is 0. The Bertz CT molecular complexity index is 1140. The Kier molecular flexibility index (Phi) is 6.01. The van der Waals surface area contributed by atoms with Gasteiger partial charge in [0.25, 0.3) is 0 Å². The van der Waals surface area contributed by atoms with Gasteiger partial charge in [0, 0.05) is 4.90 Å². The molecule has 3 rings (SSSR count). The van der Waals surface area contributed by atoms with Crippen LogP contribution in [0.25, 0.3) is 10.8 Å². The third kappa shape index (κ3) is 4.71. The van der Waals surface area contributed by atoms with Crippen molar-refractivity contribution in [3.63, 3.8) is 0 Å². The van der Waals surface area contributed by atoms with Crippen LogP contribution in [0.3, 0.4) is 0 Å². The van der Waals surface area contributed by atoms with Crippen LogP contribution in [0, 0.1) is 6.92 Å². The summed E-state index contributed by atoms with van der Waals surface area (Å²) in [6.45, 7) is 1.93. The summed E-state index contributed by atoms with van der Waals surface area (Å²) < 4.78 is 34.5. The molecular formula is C20H17NO5S2. The monoisotopic (exact) mass is 415 g/mol. The highest BCUT2D eigenvalue weighted by Gasteiger charge is 2.20. The number of thioether (sulfide) groups is 1. The second-order valence-corrected chi connectivity index (χ2v) is 8.43. The molecule has 28 heavy (non-hydrogen) atoms. The van der Waals surface area contributed by atoms with Gasteiger partial charge in [0.15, 0.2) is 0 Å². The lowest BCUT2D eigenvalue weighted by Gasteiger charge is -2.06. The lowest BCUT2D eigenvalue weighted by atomic mass is 10.1. The van der Waals surface area contributed by atoms with Crippen molar-refractivity contribution in [1.29, 1.82) is 0 Å². The van der Waals surface area contributed by atoms with Gasteiger partial charge in [-0.2, -0.15) is 8.42 Å². The van der Waals surface area contributed by atoms with E-state index >= 15 is 0 Å². The minimum atomic E-state index is -4.20. The molecule has 0 fully saturated rings. The molecule has 144 valence electrons. The van der Waals surface area contributed by atoms with Crippen molar-refractivity contribution in [2.24, 2.45) is 5.16 Å². The maximum absolute atomic E-state index is 12.5. The summed E-state index contributed by atoms with van der Waals surface area (Å²) >= 11 is 0.955. The first-order valence-corrected chi connectivity index (χ1v) is 10.4. The molecule has 0 aliphatic carbocycles. The third-order valence-electron chi connectivity index (χ3n) is 3.82. The van der Waals surface area contributed by atoms with Crippen molar-refractivity contribution in [1.82, 2.24) is 0 Å². The summed E-state index contributed by atoms with van der Waals surface area (Å²) in [5, 5.41) is 4.98. The second-order valence-electron chi connectivity index (χ2n) is 5.84. The van der Waals surface area contributed by atoms with Crippen LogP contribution >= 0.6 is 11.8 Å². The minimum Gasteiger partial charge on any atom is -0.464 e. The summed E-state index contributed by atoms with van der Waals surface area (Å²) in [7, 11) is -3.01. The molecule has 0 saturated heterocycles. The number of ether oxygens (including phenoxy) is 1. The first-order valence-electron chi connectivity index (χ1n) is 8.22. The molecule has 0 unspecified atom stereocenters. The lowest BCUT2D eigenvalue weighted by Crippen LogP contribution is -2.14. The maximum Gasteiger partial charge on any atom is 0.367 e. The largest absolute Gasteiger partial charge is 0.464 e. The average molecular weight is 415 g/mol. The SMILES string of the molecule is COC(=O)/C(=N/OS(=O)(=O)c1ccc2ccccc2c1)Sc1ccc(C)cc1. The molecule has 0 aliphatic rings. The average Bonchev–Trinajstić information content (AvgIpc) is 2.71. The Hall–Kier alpha value is -2.84. The van der Waals surface area contributed by atoms with Gasteiger partial charge in [0.05, 0.1) is 7.11 Å². The Morgan fingerprint density at radius 3 is 2.32 bits per heavy atom. The highest BCUT2D eigenvalue weighted by molar-refractivity contribution is 8.15. The minimum absolute atomic E-state index is 0.0560. The summed E-state index contributed by atoms with van der Waals surface area (Å²) in [6.07, 6.45) is 0. The number of fused-ring (bicyclic) bond motifs is 1. The molecule has 3 aromatic carbocycles. The highest BCUT2D eigenvalue weighted by Crippen LogP contribution is 2.23. The number of carbonyl (C=O) groups is 1. The van der Waals surface area contributed by atoms with Gasteiger partial charge in [-0.1, -0.05) is 64.9 Å². The number of nitrogens with zero attached hydrogens (tertiary/aromatic N) is 1. The third-order valence-corrected chi connectivity index (χ3v) is 5.87. The quantitative estimate of drug-likeness (QED) is 0.209. The highest BCUT2D eigenvalue weighted by atomic mass is 32.2. The standard InChI is InChI=1S/C20H17NO5S2/c1-14-7-10-17(11-8-14)27-19(20(22)25-2)21-26-28(23,24)18-12-9-15-5-3-4-6-16(15)13-18/h3-13H,1-2H3/b21-19-. The summed E-state index contributed by atoms with van der Waals surface area (Å²) in [4.78, 5) is 12.6. The van der Waals surface area contributed by atoms with Crippen molar-refractivity contribution in [2.75, 3.05) is 7.11 Å². The molecular weight excluding hydrogens is 398 g/mol. The van der Waals surface area contributed by atoms with Gasteiger partial charge in [-0.25, -0.2) is 4.79 Å².